The van der Waals surface area contributed by atoms with Crippen LogP contribution < -0.4 is 10.6 Å². The number of aryl methyl sites for hydroxylation is 1. The Morgan fingerprint density at radius 1 is 1.26 bits per heavy atom. The van der Waals surface area contributed by atoms with E-state index in [2.05, 4.69) is 10.6 Å². The average Bonchev–Trinajstić information content (AvgIpc) is 2.55. The first-order valence-electron chi connectivity index (χ1n) is 7.53. The quantitative estimate of drug-likeness (QED) is 0.767. The Hall–Kier alpha value is -2.40. The van der Waals surface area contributed by atoms with Gasteiger partial charge in [0, 0.05) is 23.8 Å². The number of aliphatic hydroxyl groups excluding tert-OH is 1. The van der Waals surface area contributed by atoms with Gasteiger partial charge >= 0.3 is 0 Å². The fourth-order valence-corrected chi connectivity index (χ4v) is 2.23. The Morgan fingerprint density at radius 3 is 2.74 bits per heavy atom. The zero-order chi connectivity index (χ0) is 16.8. The molecule has 122 valence electrons. The number of nitrogens with one attached hydrogen (secondary N) is 2. The van der Waals surface area contributed by atoms with E-state index in [-0.39, 0.29) is 30.9 Å². The van der Waals surface area contributed by atoms with E-state index in [4.69, 9.17) is 5.11 Å². The molecule has 23 heavy (non-hydrogen) atoms. The van der Waals surface area contributed by atoms with Crippen LogP contribution in [0.15, 0.2) is 42.5 Å². The Balaban J connectivity index is 2.10. The van der Waals surface area contributed by atoms with Gasteiger partial charge in [0.05, 0.1) is 6.61 Å². The summed E-state index contributed by atoms with van der Waals surface area (Å²) in [6.07, 6.45) is 0. The van der Waals surface area contributed by atoms with Crippen LogP contribution in [-0.4, -0.2) is 24.2 Å². The van der Waals surface area contributed by atoms with Crippen molar-refractivity contribution in [2.24, 2.45) is 0 Å². The second-order valence-electron chi connectivity index (χ2n) is 5.43. The highest BCUT2D eigenvalue weighted by molar-refractivity contribution is 5.95. The number of hydrogen-bond acceptors (Lipinski definition) is 3. The van der Waals surface area contributed by atoms with E-state index >= 15 is 0 Å². The molecule has 0 aliphatic rings. The second-order valence-corrected chi connectivity index (χ2v) is 5.43. The molecule has 0 aromatic heterocycles. The normalized spacial score (nSPS) is 11.8. The molecule has 2 aromatic rings. The van der Waals surface area contributed by atoms with E-state index in [1.54, 1.807) is 31.2 Å². The smallest absolute Gasteiger partial charge is 0.251 e. The third-order valence-electron chi connectivity index (χ3n) is 3.60. The Kier molecular flexibility index (Phi) is 5.71. The number of hydrogen-bond donors (Lipinski definition) is 3. The zero-order valence-corrected chi connectivity index (χ0v) is 13.3. The summed E-state index contributed by atoms with van der Waals surface area (Å²) < 4.78 is 13.7. The number of amides is 1. The summed E-state index contributed by atoms with van der Waals surface area (Å²) in [4.78, 5) is 11.9. The number of anilines is 1. The van der Waals surface area contributed by atoms with Crippen molar-refractivity contribution in [1.29, 1.82) is 0 Å². The van der Waals surface area contributed by atoms with Gasteiger partial charge in [-0.1, -0.05) is 18.2 Å². The third kappa shape index (κ3) is 4.53. The van der Waals surface area contributed by atoms with Crippen molar-refractivity contribution in [1.82, 2.24) is 5.32 Å². The zero-order valence-electron chi connectivity index (χ0n) is 13.3. The van der Waals surface area contributed by atoms with Gasteiger partial charge in [0.1, 0.15) is 5.82 Å². The van der Waals surface area contributed by atoms with E-state index < -0.39 is 0 Å². The van der Waals surface area contributed by atoms with Gasteiger partial charge in [0.15, 0.2) is 0 Å². The van der Waals surface area contributed by atoms with Gasteiger partial charge in [0.25, 0.3) is 5.91 Å². The molecular weight excluding hydrogens is 295 g/mol. The van der Waals surface area contributed by atoms with Crippen LogP contribution in [0.4, 0.5) is 10.1 Å². The van der Waals surface area contributed by atoms with Crippen molar-refractivity contribution < 1.29 is 14.3 Å². The molecule has 4 nitrogen and oxygen atoms in total. The molecule has 5 heteroatoms. The lowest BCUT2D eigenvalue weighted by Crippen LogP contribution is -2.26. The van der Waals surface area contributed by atoms with Crippen molar-refractivity contribution in [3.8, 4) is 0 Å². The highest BCUT2D eigenvalue weighted by Gasteiger charge is 2.10. The molecule has 1 atom stereocenters. The van der Waals surface area contributed by atoms with Gasteiger partial charge in [-0.15, -0.1) is 0 Å². The molecule has 0 spiro atoms. The van der Waals surface area contributed by atoms with Crippen LogP contribution in [0, 0.1) is 12.7 Å². The molecule has 0 bridgehead atoms. The summed E-state index contributed by atoms with van der Waals surface area (Å²) >= 11 is 0. The maximum absolute atomic E-state index is 13.7. The van der Waals surface area contributed by atoms with Crippen molar-refractivity contribution in [3.63, 3.8) is 0 Å². The molecule has 0 radical (unpaired) electrons. The Labute approximate surface area is 135 Å². The molecule has 0 aliphatic carbocycles. The topological polar surface area (TPSA) is 61.4 Å². The van der Waals surface area contributed by atoms with Crippen molar-refractivity contribution in [3.05, 3.63) is 65.0 Å². The SMILES string of the molecule is Cc1ccc(C(C)Nc2cccc(C(=O)NCCO)c2)cc1F. The largest absolute Gasteiger partial charge is 0.395 e. The van der Waals surface area contributed by atoms with Crippen LogP contribution in [0.2, 0.25) is 0 Å². The molecule has 2 aromatic carbocycles. The number of halogens is 1. The van der Waals surface area contributed by atoms with Crippen LogP contribution in [0.25, 0.3) is 0 Å². The predicted molar refractivity (Wildman–Crippen MR) is 89.0 cm³/mol. The monoisotopic (exact) mass is 316 g/mol. The molecular formula is C18H21FN2O2. The number of aliphatic hydroxyl groups is 1. The summed E-state index contributed by atoms with van der Waals surface area (Å²) in [7, 11) is 0. The summed E-state index contributed by atoms with van der Waals surface area (Å²) in [5.41, 5.74) is 2.73. The van der Waals surface area contributed by atoms with Crippen LogP contribution in [-0.2, 0) is 0 Å². The van der Waals surface area contributed by atoms with E-state index in [0.29, 0.717) is 11.1 Å². The standard InChI is InChI=1S/C18H21FN2O2/c1-12-6-7-14(11-17(12)19)13(2)21-16-5-3-4-15(10-16)18(23)20-8-9-22/h3-7,10-11,13,21-22H,8-9H2,1-2H3,(H,20,23). The van der Waals surface area contributed by atoms with Crippen LogP contribution in [0.3, 0.4) is 0 Å². The van der Waals surface area contributed by atoms with Crippen molar-refractivity contribution in [2.75, 3.05) is 18.5 Å². The minimum atomic E-state index is -0.239. The highest BCUT2D eigenvalue weighted by Crippen LogP contribution is 2.21. The number of carbonyl (C=O) groups is 1. The summed E-state index contributed by atoms with van der Waals surface area (Å²) in [6, 6.07) is 12.1. The van der Waals surface area contributed by atoms with E-state index in [9.17, 15) is 9.18 Å². The minimum Gasteiger partial charge on any atom is -0.395 e. The highest BCUT2D eigenvalue weighted by atomic mass is 19.1. The van der Waals surface area contributed by atoms with E-state index in [1.807, 2.05) is 19.1 Å². The molecule has 0 saturated heterocycles. The lowest BCUT2D eigenvalue weighted by atomic mass is 10.1. The molecule has 1 amide bonds. The van der Waals surface area contributed by atoms with Gasteiger partial charge in [-0.3, -0.25) is 4.79 Å². The number of benzene rings is 2. The predicted octanol–water partition coefficient (Wildman–Crippen LogP) is 3.03. The van der Waals surface area contributed by atoms with Gasteiger partial charge < -0.3 is 15.7 Å². The molecule has 0 fully saturated rings. The average molecular weight is 316 g/mol. The first-order valence-corrected chi connectivity index (χ1v) is 7.53. The lowest BCUT2D eigenvalue weighted by molar-refractivity contribution is 0.0945. The summed E-state index contributed by atoms with van der Waals surface area (Å²) in [5, 5.41) is 14.6. The molecule has 2 rings (SSSR count). The van der Waals surface area contributed by atoms with Crippen molar-refractivity contribution >= 4 is 11.6 Å². The molecule has 0 heterocycles. The first kappa shape index (κ1) is 17.0. The van der Waals surface area contributed by atoms with Crippen LogP contribution in [0.5, 0.6) is 0 Å². The third-order valence-corrected chi connectivity index (χ3v) is 3.60. The van der Waals surface area contributed by atoms with Gasteiger partial charge in [-0.25, -0.2) is 4.39 Å². The van der Waals surface area contributed by atoms with E-state index in [0.717, 1.165) is 11.3 Å². The van der Waals surface area contributed by atoms with Gasteiger partial charge in [-0.05, 0) is 49.2 Å². The summed E-state index contributed by atoms with van der Waals surface area (Å²) in [5.74, 6) is -0.468. The minimum absolute atomic E-state index is 0.0964. The van der Waals surface area contributed by atoms with E-state index in [1.165, 1.54) is 6.07 Å². The second kappa shape index (κ2) is 7.74. The van der Waals surface area contributed by atoms with Crippen molar-refractivity contribution in [2.45, 2.75) is 19.9 Å². The number of carbonyl (C=O) groups excluding carboxylic acids is 1. The number of rotatable bonds is 6. The lowest BCUT2D eigenvalue weighted by Gasteiger charge is -2.17. The molecule has 0 saturated carbocycles. The van der Waals surface area contributed by atoms with Crippen LogP contribution in [0.1, 0.15) is 34.5 Å². The van der Waals surface area contributed by atoms with Gasteiger partial charge in [-0.2, -0.15) is 0 Å². The van der Waals surface area contributed by atoms with Crippen LogP contribution >= 0.6 is 0 Å². The maximum atomic E-state index is 13.7. The molecule has 0 aliphatic heterocycles. The molecule has 3 N–H and O–H groups in total. The fraction of sp³-hybridized carbons (Fsp3) is 0.278. The van der Waals surface area contributed by atoms with Gasteiger partial charge in [0.2, 0.25) is 0 Å². The fourth-order valence-electron chi connectivity index (χ4n) is 2.23. The first-order chi connectivity index (χ1) is 11.0. The Morgan fingerprint density at radius 2 is 2.04 bits per heavy atom. The molecule has 1 unspecified atom stereocenters. The Bertz CT molecular complexity index is 688. The summed E-state index contributed by atoms with van der Waals surface area (Å²) in [6.45, 7) is 3.78. The maximum Gasteiger partial charge on any atom is 0.251 e.